The molecular weight excluding hydrogens is 294 g/mol. The zero-order valence-corrected chi connectivity index (χ0v) is 13.5. The highest BCUT2D eigenvalue weighted by molar-refractivity contribution is 5.95. The fraction of sp³-hybridized carbons (Fsp3) is 0.412. The van der Waals surface area contributed by atoms with Crippen LogP contribution in [0.15, 0.2) is 28.7 Å². The first-order valence-electron chi connectivity index (χ1n) is 7.77. The summed E-state index contributed by atoms with van der Waals surface area (Å²) in [7, 11) is 0. The molecule has 1 aliphatic rings. The molecule has 0 saturated carbocycles. The number of ether oxygens (including phenoxy) is 1. The smallest absolute Gasteiger partial charge is 0.255 e. The van der Waals surface area contributed by atoms with Crippen molar-refractivity contribution in [1.82, 2.24) is 10.3 Å². The zero-order valence-electron chi connectivity index (χ0n) is 13.5. The molecule has 0 spiro atoms. The number of nitrogens with zero attached hydrogens (tertiary/aromatic N) is 2. The number of carbonyl (C=O) groups is 1. The van der Waals surface area contributed by atoms with Gasteiger partial charge < -0.3 is 19.4 Å². The van der Waals surface area contributed by atoms with Crippen LogP contribution in [0.25, 0.3) is 0 Å². The number of amides is 1. The Hall–Kier alpha value is -2.34. The second kappa shape index (κ2) is 6.83. The fourth-order valence-electron chi connectivity index (χ4n) is 2.66. The Bertz CT molecular complexity index is 690. The number of anilines is 1. The molecule has 2 aromatic heterocycles. The molecule has 23 heavy (non-hydrogen) atoms. The third kappa shape index (κ3) is 3.71. The van der Waals surface area contributed by atoms with E-state index in [9.17, 15) is 4.79 Å². The van der Waals surface area contributed by atoms with Gasteiger partial charge in [0.25, 0.3) is 5.91 Å². The van der Waals surface area contributed by atoms with Gasteiger partial charge in [-0.05, 0) is 32.0 Å². The third-order valence-corrected chi connectivity index (χ3v) is 3.84. The Labute approximate surface area is 135 Å². The van der Waals surface area contributed by atoms with Crippen molar-refractivity contribution >= 4 is 11.7 Å². The second-order valence-corrected chi connectivity index (χ2v) is 5.60. The second-order valence-electron chi connectivity index (χ2n) is 5.60. The van der Waals surface area contributed by atoms with Gasteiger partial charge in [0.2, 0.25) is 0 Å². The Balaban J connectivity index is 1.64. The van der Waals surface area contributed by atoms with Gasteiger partial charge in [0.05, 0.1) is 31.0 Å². The first kappa shape index (κ1) is 15.6. The van der Waals surface area contributed by atoms with Crippen LogP contribution in [0.1, 0.15) is 27.6 Å². The molecule has 0 radical (unpaired) electrons. The summed E-state index contributed by atoms with van der Waals surface area (Å²) in [6, 6.07) is 7.62. The van der Waals surface area contributed by atoms with Crippen LogP contribution in [0.3, 0.4) is 0 Å². The molecule has 6 heteroatoms. The number of nitrogens with one attached hydrogen (secondary N) is 1. The first-order chi connectivity index (χ1) is 11.1. The van der Waals surface area contributed by atoms with Gasteiger partial charge in [-0.25, -0.2) is 4.98 Å². The molecule has 1 N–H and O–H groups in total. The number of aryl methyl sites for hydroxylation is 2. The lowest BCUT2D eigenvalue weighted by molar-refractivity contribution is 0.0949. The lowest BCUT2D eigenvalue weighted by atomic mass is 10.2. The molecule has 2 aromatic rings. The average Bonchev–Trinajstić information content (AvgIpc) is 2.92. The Kier molecular flexibility index (Phi) is 4.62. The highest BCUT2D eigenvalue weighted by atomic mass is 16.5. The Morgan fingerprint density at radius 2 is 2.09 bits per heavy atom. The third-order valence-electron chi connectivity index (χ3n) is 3.84. The van der Waals surface area contributed by atoms with Crippen LogP contribution in [0.2, 0.25) is 0 Å². The summed E-state index contributed by atoms with van der Waals surface area (Å²) in [5.41, 5.74) is 1.41. The van der Waals surface area contributed by atoms with E-state index in [1.807, 2.05) is 25.1 Å². The van der Waals surface area contributed by atoms with Gasteiger partial charge in [0.1, 0.15) is 17.3 Å². The minimum atomic E-state index is -0.141. The number of carbonyl (C=O) groups excluding carboxylic acids is 1. The van der Waals surface area contributed by atoms with Crippen LogP contribution in [-0.2, 0) is 11.3 Å². The van der Waals surface area contributed by atoms with Gasteiger partial charge in [-0.3, -0.25) is 4.79 Å². The van der Waals surface area contributed by atoms with Gasteiger partial charge in [0, 0.05) is 13.1 Å². The molecule has 3 heterocycles. The summed E-state index contributed by atoms with van der Waals surface area (Å²) >= 11 is 0. The molecule has 3 rings (SSSR count). The molecule has 0 atom stereocenters. The van der Waals surface area contributed by atoms with Crippen molar-refractivity contribution in [3.05, 3.63) is 47.0 Å². The van der Waals surface area contributed by atoms with E-state index in [0.29, 0.717) is 17.9 Å². The Morgan fingerprint density at radius 3 is 2.78 bits per heavy atom. The monoisotopic (exact) mass is 315 g/mol. The van der Waals surface area contributed by atoms with Gasteiger partial charge in [-0.2, -0.15) is 0 Å². The quantitative estimate of drug-likeness (QED) is 0.935. The minimum Gasteiger partial charge on any atom is -0.466 e. The molecule has 0 aliphatic carbocycles. The van der Waals surface area contributed by atoms with E-state index >= 15 is 0 Å². The van der Waals surface area contributed by atoms with Crippen molar-refractivity contribution in [2.24, 2.45) is 0 Å². The number of morpholine rings is 1. The van der Waals surface area contributed by atoms with E-state index < -0.39 is 0 Å². The standard InChI is InChI=1S/C17H21N3O3/c1-12-10-15(13(2)23-12)17(21)18-11-14-4-3-5-16(19-14)20-6-8-22-9-7-20/h3-5,10H,6-9,11H2,1-2H3,(H,18,21). The van der Waals surface area contributed by atoms with Crippen molar-refractivity contribution in [2.75, 3.05) is 31.2 Å². The average molecular weight is 315 g/mol. The molecule has 122 valence electrons. The number of rotatable bonds is 4. The minimum absolute atomic E-state index is 0.141. The van der Waals surface area contributed by atoms with E-state index in [1.54, 1.807) is 13.0 Å². The number of furan rings is 1. The molecule has 0 aromatic carbocycles. The molecule has 1 amide bonds. The molecule has 1 aliphatic heterocycles. The lowest BCUT2D eigenvalue weighted by Crippen LogP contribution is -2.37. The van der Waals surface area contributed by atoms with Crippen molar-refractivity contribution < 1.29 is 13.9 Å². The topological polar surface area (TPSA) is 67.6 Å². The SMILES string of the molecule is Cc1cc(C(=O)NCc2cccc(N3CCOCC3)n2)c(C)o1. The summed E-state index contributed by atoms with van der Waals surface area (Å²) in [4.78, 5) is 19.0. The van der Waals surface area contributed by atoms with Crippen molar-refractivity contribution in [3.63, 3.8) is 0 Å². The number of pyridine rings is 1. The fourth-order valence-corrected chi connectivity index (χ4v) is 2.66. The van der Waals surface area contributed by atoms with Crippen LogP contribution in [0.5, 0.6) is 0 Å². The molecule has 1 fully saturated rings. The maximum atomic E-state index is 12.2. The maximum Gasteiger partial charge on any atom is 0.255 e. The van der Waals surface area contributed by atoms with Crippen molar-refractivity contribution in [3.8, 4) is 0 Å². The number of aromatic nitrogens is 1. The molecule has 0 bridgehead atoms. The summed E-state index contributed by atoms with van der Waals surface area (Å²) in [6.07, 6.45) is 0. The van der Waals surface area contributed by atoms with E-state index in [0.717, 1.165) is 43.6 Å². The van der Waals surface area contributed by atoms with E-state index in [4.69, 9.17) is 9.15 Å². The highest BCUT2D eigenvalue weighted by Gasteiger charge is 2.15. The van der Waals surface area contributed by atoms with Crippen LogP contribution >= 0.6 is 0 Å². The maximum absolute atomic E-state index is 12.2. The van der Waals surface area contributed by atoms with Crippen LogP contribution in [0.4, 0.5) is 5.82 Å². The van der Waals surface area contributed by atoms with E-state index in [1.165, 1.54) is 0 Å². The summed E-state index contributed by atoms with van der Waals surface area (Å²) in [5, 5.41) is 2.89. The normalized spacial score (nSPS) is 14.8. The van der Waals surface area contributed by atoms with Crippen LogP contribution < -0.4 is 10.2 Å². The van der Waals surface area contributed by atoms with Crippen molar-refractivity contribution in [2.45, 2.75) is 20.4 Å². The Morgan fingerprint density at radius 1 is 1.30 bits per heavy atom. The largest absolute Gasteiger partial charge is 0.466 e. The lowest BCUT2D eigenvalue weighted by Gasteiger charge is -2.28. The van der Waals surface area contributed by atoms with Crippen LogP contribution in [-0.4, -0.2) is 37.2 Å². The summed E-state index contributed by atoms with van der Waals surface area (Å²) in [5.74, 6) is 2.16. The first-order valence-corrected chi connectivity index (χ1v) is 7.77. The van der Waals surface area contributed by atoms with Gasteiger partial charge >= 0.3 is 0 Å². The number of hydrogen-bond donors (Lipinski definition) is 1. The molecule has 1 saturated heterocycles. The summed E-state index contributed by atoms with van der Waals surface area (Å²) < 4.78 is 10.7. The zero-order chi connectivity index (χ0) is 16.2. The predicted octanol–water partition coefficient (Wildman–Crippen LogP) is 2.06. The van der Waals surface area contributed by atoms with Crippen LogP contribution in [0, 0.1) is 13.8 Å². The van der Waals surface area contributed by atoms with E-state index in [2.05, 4.69) is 15.2 Å². The number of hydrogen-bond acceptors (Lipinski definition) is 5. The molecule has 6 nitrogen and oxygen atoms in total. The molecule has 0 unspecified atom stereocenters. The molecular formula is C17H21N3O3. The van der Waals surface area contributed by atoms with Gasteiger partial charge in [-0.15, -0.1) is 0 Å². The predicted molar refractivity (Wildman–Crippen MR) is 86.6 cm³/mol. The van der Waals surface area contributed by atoms with Crippen molar-refractivity contribution in [1.29, 1.82) is 0 Å². The van der Waals surface area contributed by atoms with E-state index in [-0.39, 0.29) is 5.91 Å². The highest BCUT2D eigenvalue weighted by Crippen LogP contribution is 2.15. The van der Waals surface area contributed by atoms with Gasteiger partial charge in [-0.1, -0.05) is 6.07 Å². The van der Waals surface area contributed by atoms with Gasteiger partial charge in [0.15, 0.2) is 0 Å². The summed E-state index contributed by atoms with van der Waals surface area (Å²) in [6.45, 7) is 7.15.